The van der Waals surface area contributed by atoms with Crippen molar-refractivity contribution in [3.63, 3.8) is 0 Å². The predicted octanol–water partition coefficient (Wildman–Crippen LogP) is 3.89. The molecule has 1 aliphatic heterocycles. The van der Waals surface area contributed by atoms with E-state index in [2.05, 4.69) is 21.2 Å². The van der Waals surface area contributed by atoms with Crippen molar-refractivity contribution in [3.05, 3.63) is 58.3 Å². The van der Waals surface area contributed by atoms with Gasteiger partial charge in [-0.1, -0.05) is 15.9 Å². The van der Waals surface area contributed by atoms with E-state index in [1.807, 2.05) is 25.1 Å². The Morgan fingerprint density at radius 1 is 1.25 bits per heavy atom. The fraction of sp³-hybridized carbons (Fsp3) is 0.222. The summed E-state index contributed by atoms with van der Waals surface area (Å²) in [7, 11) is 0. The second-order valence-corrected chi connectivity index (χ2v) is 6.75. The van der Waals surface area contributed by atoms with Crippen molar-refractivity contribution < 1.29 is 14.0 Å². The lowest BCUT2D eigenvalue weighted by Crippen LogP contribution is -2.28. The number of rotatable bonds is 3. The molecule has 1 unspecified atom stereocenters. The van der Waals surface area contributed by atoms with Crippen molar-refractivity contribution in [1.29, 1.82) is 0 Å². The van der Waals surface area contributed by atoms with Crippen LogP contribution in [0.25, 0.3) is 0 Å². The Balaban J connectivity index is 1.70. The largest absolute Gasteiger partial charge is 0.326 e. The number of aryl methyl sites for hydroxylation is 1. The van der Waals surface area contributed by atoms with Gasteiger partial charge in [0.2, 0.25) is 11.8 Å². The molecule has 0 spiro atoms. The Morgan fingerprint density at radius 3 is 2.62 bits per heavy atom. The molecule has 1 saturated heterocycles. The summed E-state index contributed by atoms with van der Waals surface area (Å²) < 4.78 is 14.0. The maximum absolute atomic E-state index is 13.0. The summed E-state index contributed by atoms with van der Waals surface area (Å²) in [5, 5.41) is 2.88. The van der Waals surface area contributed by atoms with Gasteiger partial charge in [0.25, 0.3) is 0 Å². The quantitative estimate of drug-likeness (QED) is 0.863. The fourth-order valence-corrected chi connectivity index (χ4v) is 3.23. The molecule has 0 saturated carbocycles. The molecule has 0 radical (unpaired) electrons. The number of anilines is 2. The van der Waals surface area contributed by atoms with Gasteiger partial charge >= 0.3 is 0 Å². The van der Waals surface area contributed by atoms with Gasteiger partial charge in [-0.2, -0.15) is 0 Å². The first-order chi connectivity index (χ1) is 11.4. The summed E-state index contributed by atoms with van der Waals surface area (Å²) in [6, 6.07) is 11.3. The highest BCUT2D eigenvalue weighted by Crippen LogP contribution is 2.27. The van der Waals surface area contributed by atoms with Crippen LogP contribution in [0.15, 0.2) is 46.9 Å². The maximum atomic E-state index is 13.0. The second-order valence-electron chi connectivity index (χ2n) is 5.83. The number of halogens is 2. The topological polar surface area (TPSA) is 49.4 Å². The van der Waals surface area contributed by atoms with Gasteiger partial charge in [0.1, 0.15) is 5.82 Å². The van der Waals surface area contributed by atoms with Crippen molar-refractivity contribution in [2.45, 2.75) is 13.3 Å². The van der Waals surface area contributed by atoms with Crippen LogP contribution in [-0.4, -0.2) is 18.4 Å². The lowest BCUT2D eigenvalue weighted by molar-refractivity contribution is -0.122. The maximum Gasteiger partial charge on any atom is 0.229 e. The highest BCUT2D eigenvalue weighted by molar-refractivity contribution is 9.10. The molecule has 1 atom stereocenters. The highest BCUT2D eigenvalue weighted by Gasteiger charge is 2.35. The third-order valence-corrected chi connectivity index (χ3v) is 4.57. The molecule has 1 N–H and O–H groups in total. The van der Waals surface area contributed by atoms with Crippen LogP contribution in [0.2, 0.25) is 0 Å². The van der Waals surface area contributed by atoms with E-state index >= 15 is 0 Å². The van der Waals surface area contributed by atoms with Crippen LogP contribution in [-0.2, 0) is 9.59 Å². The van der Waals surface area contributed by atoms with E-state index in [0.717, 1.165) is 15.7 Å². The molecule has 0 aromatic heterocycles. The van der Waals surface area contributed by atoms with Crippen LogP contribution >= 0.6 is 15.9 Å². The summed E-state index contributed by atoms with van der Waals surface area (Å²) in [4.78, 5) is 26.2. The number of benzene rings is 2. The van der Waals surface area contributed by atoms with Gasteiger partial charge in [-0.3, -0.25) is 9.59 Å². The number of hydrogen-bond acceptors (Lipinski definition) is 2. The lowest BCUT2D eigenvalue weighted by Gasteiger charge is -2.17. The minimum Gasteiger partial charge on any atom is -0.326 e. The number of hydrogen-bond donors (Lipinski definition) is 1. The van der Waals surface area contributed by atoms with Gasteiger partial charge in [0, 0.05) is 28.8 Å². The molecule has 4 nitrogen and oxygen atoms in total. The minimum atomic E-state index is -0.425. The molecule has 0 bridgehead atoms. The van der Waals surface area contributed by atoms with Crippen molar-refractivity contribution in [2.75, 3.05) is 16.8 Å². The Hall–Kier alpha value is -2.21. The molecule has 2 amide bonds. The average molecular weight is 391 g/mol. The summed E-state index contributed by atoms with van der Waals surface area (Å²) in [5.41, 5.74) is 2.28. The standard InChI is InChI=1S/C18H16BrFN2O2/c1-11-8-13(19)2-7-16(11)21-18(24)12-9-17(23)22(10-12)15-5-3-14(20)4-6-15/h2-8,12H,9-10H2,1H3,(H,21,24). The molecule has 6 heteroatoms. The van der Waals surface area contributed by atoms with Gasteiger partial charge < -0.3 is 10.2 Å². The first-order valence-corrected chi connectivity index (χ1v) is 8.36. The molecule has 124 valence electrons. The monoisotopic (exact) mass is 390 g/mol. The SMILES string of the molecule is Cc1cc(Br)ccc1NC(=O)C1CC(=O)N(c2ccc(F)cc2)C1. The Morgan fingerprint density at radius 2 is 1.96 bits per heavy atom. The highest BCUT2D eigenvalue weighted by atomic mass is 79.9. The Kier molecular flexibility index (Phi) is 4.66. The van der Waals surface area contributed by atoms with Crippen LogP contribution < -0.4 is 10.2 Å². The van der Waals surface area contributed by atoms with Crippen LogP contribution in [0.1, 0.15) is 12.0 Å². The van der Waals surface area contributed by atoms with Gasteiger partial charge in [-0.25, -0.2) is 4.39 Å². The molecular formula is C18H16BrFN2O2. The summed E-state index contributed by atoms with van der Waals surface area (Å²) >= 11 is 3.38. The molecule has 2 aromatic carbocycles. The van der Waals surface area contributed by atoms with Crippen molar-refractivity contribution >= 4 is 39.1 Å². The third-order valence-electron chi connectivity index (χ3n) is 4.08. The van der Waals surface area contributed by atoms with E-state index in [1.165, 1.54) is 17.0 Å². The van der Waals surface area contributed by atoms with E-state index in [4.69, 9.17) is 0 Å². The zero-order valence-corrected chi connectivity index (χ0v) is 14.6. The van der Waals surface area contributed by atoms with Crippen molar-refractivity contribution in [1.82, 2.24) is 0 Å². The molecular weight excluding hydrogens is 375 g/mol. The first-order valence-electron chi connectivity index (χ1n) is 7.57. The molecule has 0 aliphatic carbocycles. The fourth-order valence-electron chi connectivity index (χ4n) is 2.76. The number of nitrogens with one attached hydrogen (secondary N) is 1. The van der Waals surface area contributed by atoms with E-state index in [0.29, 0.717) is 12.2 Å². The molecule has 3 rings (SSSR count). The average Bonchev–Trinajstić information content (AvgIpc) is 2.93. The van der Waals surface area contributed by atoms with E-state index in [1.54, 1.807) is 12.1 Å². The van der Waals surface area contributed by atoms with Gasteiger partial charge in [0.05, 0.1) is 5.92 Å². The van der Waals surface area contributed by atoms with Crippen LogP contribution in [0.5, 0.6) is 0 Å². The normalized spacial score (nSPS) is 17.2. The van der Waals surface area contributed by atoms with Gasteiger partial charge in [-0.15, -0.1) is 0 Å². The smallest absolute Gasteiger partial charge is 0.229 e. The van der Waals surface area contributed by atoms with Crippen LogP contribution in [0, 0.1) is 18.7 Å². The third kappa shape index (κ3) is 3.48. The summed E-state index contributed by atoms with van der Waals surface area (Å²) in [6.45, 7) is 2.21. The van der Waals surface area contributed by atoms with E-state index in [9.17, 15) is 14.0 Å². The molecule has 24 heavy (non-hydrogen) atoms. The lowest BCUT2D eigenvalue weighted by atomic mass is 10.1. The van der Waals surface area contributed by atoms with Gasteiger partial charge in [-0.05, 0) is 55.0 Å². The van der Waals surface area contributed by atoms with Crippen LogP contribution in [0.4, 0.5) is 15.8 Å². The zero-order chi connectivity index (χ0) is 17.3. The van der Waals surface area contributed by atoms with Crippen molar-refractivity contribution in [3.8, 4) is 0 Å². The Labute approximate surface area is 147 Å². The molecule has 1 fully saturated rings. The molecule has 1 heterocycles. The second kappa shape index (κ2) is 6.73. The number of nitrogens with zero attached hydrogens (tertiary/aromatic N) is 1. The molecule has 2 aromatic rings. The van der Waals surface area contributed by atoms with Crippen LogP contribution in [0.3, 0.4) is 0 Å². The van der Waals surface area contributed by atoms with E-state index in [-0.39, 0.29) is 24.1 Å². The van der Waals surface area contributed by atoms with Crippen molar-refractivity contribution in [2.24, 2.45) is 5.92 Å². The number of carbonyl (C=O) groups excluding carboxylic acids is 2. The number of amides is 2. The molecule has 1 aliphatic rings. The zero-order valence-electron chi connectivity index (χ0n) is 13.1. The first kappa shape index (κ1) is 16.6. The summed E-state index contributed by atoms with van der Waals surface area (Å²) in [6.07, 6.45) is 0.152. The minimum absolute atomic E-state index is 0.130. The number of carbonyl (C=O) groups is 2. The van der Waals surface area contributed by atoms with E-state index < -0.39 is 5.92 Å². The summed E-state index contributed by atoms with van der Waals surface area (Å²) in [5.74, 6) is -1.09. The predicted molar refractivity (Wildman–Crippen MR) is 94.4 cm³/mol. The Bertz CT molecular complexity index is 792. The van der Waals surface area contributed by atoms with Gasteiger partial charge in [0.15, 0.2) is 0 Å².